The van der Waals surface area contributed by atoms with Gasteiger partial charge in [0.2, 0.25) is 0 Å². The van der Waals surface area contributed by atoms with E-state index in [2.05, 4.69) is 0 Å². The zero-order chi connectivity index (χ0) is 14.5. The van der Waals surface area contributed by atoms with Crippen LogP contribution in [0.15, 0.2) is 24.3 Å². The van der Waals surface area contributed by atoms with Gasteiger partial charge in [0.15, 0.2) is 5.12 Å². The maximum Gasteiger partial charge on any atom is 0.419 e. The Hall–Kier alpha value is -1.43. The summed E-state index contributed by atoms with van der Waals surface area (Å²) in [6.07, 6.45) is -1.26. The molecular weight excluding hydrogens is 277 g/mol. The number of benzene rings is 1. The highest BCUT2D eigenvalue weighted by atomic mass is 32.2. The Kier molecular flexibility index (Phi) is 5.47. The summed E-state index contributed by atoms with van der Waals surface area (Å²) in [6.45, 7) is 1.44. The van der Waals surface area contributed by atoms with Gasteiger partial charge in [0.25, 0.3) is 0 Å². The predicted octanol–water partition coefficient (Wildman–Crippen LogP) is 4.01. The Labute approximate surface area is 113 Å². The molecule has 0 bridgehead atoms. The third kappa shape index (κ3) is 4.98. The van der Waals surface area contributed by atoms with E-state index in [9.17, 15) is 18.0 Å². The number of alkyl halides is 3. The molecular formula is C13H13F3O2S. The molecule has 2 nitrogen and oxygen atoms in total. The summed E-state index contributed by atoms with van der Waals surface area (Å²) in [5, 5.41) is -0.0321. The van der Waals surface area contributed by atoms with Crippen LogP contribution in [-0.2, 0) is 11.0 Å². The highest BCUT2D eigenvalue weighted by molar-refractivity contribution is 8.13. The lowest BCUT2D eigenvalue weighted by atomic mass is 10.1. The first-order valence-corrected chi connectivity index (χ1v) is 6.38. The van der Waals surface area contributed by atoms with E-state index in [0.29, 0.717) is 11.3 Å². The Balaban J connectivity index is 2.90. The minimum Gasteiger partial charge on any atom is -0.496 e. The molecule has 0 radical (unpaired) electrons. The van der Waals surface area contributed by atoms with E-state index in [1.165, 1.54) is 26.2 Å². The quantitative estimate of drug-likeness (QED) is 0.838. The normalized spacial score (nSPS) is 11.8. The lowest BCUT2D eigenvalue weighted by Crippen LogP contribution is -2.07. The summed E-state index contributed by atoms with van der Waals surface area (Å²) in [7, 11) is 1.20. The van der Waals surface area contributed by atoms with Gasteiger partial charge in [-0.15, -0.1) is 0 Å². The predicted molar refractivity (Wildman–Crippen MR) is 70.2 cm³/mol. The van der Waals surface area contributed by atoms with Crippen LogP contribution in [0.2, 0.25) is 0 Å². The van der Waals surface area contributed by atoms with Crippen molar-refractivity contribution in [3.8, 4) is 5.75 Å². The molecule has 0 aliphatic carbocycles. The molecule has 0 aromatic heterocycles. The van der Waals surface area contributed by atoms with Crippen LogP contribution in [0, 0.1) is 0 Å². The van der Waals surface area contributed by atoms with Crippen molar-refractivity contribution in [2.75, 3.05) is 12.9 Å². The first-order chi connectivity index (χ1) is 8.84. The number of halogens is 3. The van der Waals surface area contributed by atoms with E-state index in [1.54, 1.807) is 12.2 Å². The van der Waals surface area contributed by atoms with Gasteiger partial charge in [-0.05, 0) is 17.7 Å². The second kappa shape index (κ2) is 6.65. The van der Waals surface area contributed by atoms with E-state index in [1.807, 2.05) is 0 Å². The van der Waals surface area contributed by atoms with E-state index in [0.717, 1.165) is 17.8 Å². The van der Waals surface area contributed by atoms with Crippen molar-refractivity contribution in [1.29, 1.82) is 0 Å². The zero-order valence-corrected chi connectivity index (χ0v) is 11.3. The van der Waals surface area contributed by atoms with Gasteiger partial charge in [0, 0.05) is 12.7 Å². The number of hydrogen-bond acceptors (Lipinski definition) is 3. The molecule has 0 aliphatic rings. The van der Waals surface area contributed by atoms with Crippen molar-refractivity contribution in [2.24, 2.45) is 0 Å². The molecule has 104 valence electrons. The third-order valence-corrected chi connectivity index (χ3v) is 2.99. The molecule has 1 aromatic rings. The number of ether oxygens (including phenoxy) is 1. The number of rotatable bonds is 4. The van der Waals surface area contributed by atoms with E-state index in [4.69, 9.17) is 4.74 Å². The fourth-order valence-electron chi connectivity index (χ4n) is 1.40. The van der Waals surface area contributed by atoms with Crippen molar-refractivity contribution in [2.45, 2.75) is 13.1 Å². The first-order valence-electron chi connectivity index (χ1n) is 5.39. The highest BCUT2D eigenvalue weighted by Crippen LogP contribution is 2.36. The summed E-state index contributed by atoms with van der Waals surface area (Å²) < 4.78 is 43.0. The standard InChI is InChI=1S/C13H13F3O2S/c1-9(17)19-7-3-4-10-5-6-12(18-2)11(8-10)13(14,15)16/h3-6,8H,7H2,1-2H3. The molecule has 1 rings (SSSR count). The molecule has 0 atom stereocenters. The molecule has 6 heteroatoms. The van der Waals surface area contributed by atoms with Crippen LogP contribution in [0.5, 0.6) is 5.75 Å². The average molecular weight is 290 g/mol. The summed E-state index contributed by atoms with van der Waals surface area (Å²) >= 11 is 1.10. The van der Waals surface area contributed by atoms with Crippen molar-refractivity contribution in [1.82, 2.24) is 0 Å². The van der Waals surface area contributed by atoms with Gasteiger partial charge in [-0.2, -0.15) is 13.2 Å². The molecule has 0 unspecified atom stereocenters. The van der Waals surface area contributed by atoms with Gasteiger partial charge in [-0.1, -0.05) is 30.0 Å². The summed E-state index contributed by atoms with van der Waals surface area (Å²) in [5.74, 6) is 0.227. The molecule has 0 N–H and O–H groups in total. The van der Waals surface area contributed by atoms with Gasteiger partial charge in [-0.25, -0.2) is 0 Å². The smallest absolute Gasteiger partial charge is 0.419 e. The molecule has 0 fully saturated rings. The monoisotopic (exact) mass is 290 g/mol. The molecule has 19 heavy (non-hydrogen) atoms. The Morgan fingerprint density at radius 1 is 1.42 bits per heavy atom. The van der Waals surface area contributed by atoms with Gasteiger partial charge in [0.05, 0.1) is 12.7 Å². The Morgan fingerprint density at radius 2 is 2.11 bits per heavy atom. The van der Waals surface area contributed by atoms with E-state index >= 15 is 0 Å². The lowest BCUT2D eigenvalue weighted by Gasteiger charge is -2.12. The summed E-state index contributed by atoms with van der Waals surface area (Å²) in [5.41, 5.74) is -0.395. The number of hydrogen-bond donors (Lipinski definition) is 0. The first kappa shape index (κ1) is 15.6. The third-order valence-electron chi connectivity index (χ3n) is 2.22. The van der Waals surface area contributed by atoms with Crippen LogP contribution >= 0.6 is 11.8 Å². The van der Waals surface area contributed by atoms with Crippen LogP contribution in [0.1, 0.15) is 18.1 Å². The SMILES string of the molecule is COc1ccc(C=CCSC(C)=O)cc1C(F)(F)F. The lowest BCUT2D eigenvalue weighted by molar-refractivity contribution is -0.138. The molecule has 1 aromatic carbocycles. The second-order valence-corrected chi connectivity index (χ2v) is 4.86. The minimum atomic E-state index is -4.46. The van der Waals surface area contributed by atoms with Gasteiger partial charge < -0.3 is 4.74 Å². The van der Waals surface area contributed by atoms with Crippen LogP contribution < -0.4 is 4.74 Å². The number of methoxy groups -OCH3 is 1. The molecule has 0 amide bonds. The van der Waals surface area contributed by atoms with Crippen LogP contribution in [0.3, 0.4) is 0 Å². The van der Waals surface area contributed by atoms with Gasteiger partial charge in [-0.3, -0.25) is 4.79 Å². The summed E-state index contributed by atoms with van der Waals surface area (Å²) in [4.78, 5) is 10.7. The van der Waals surface area contributed by atoms with Gasteiger partial charge in [0.1, 0.15) is 5.75 Å². The van der Waals surface area contributed by atoms with E-state index in [-0.39, 0.29) is 10.9 Å². The zero-order valence-electron chi connectivity index (χ0n) is 10.5. The Bertz CT molecular complexity index is 481. The average Bonchev–Trinajstić information content (AvgIpc) is 2.33. The molecule has 0 spiro atoms. The maximum absolute atomic E-state index is 12.8. The fraction of sp³-hybridized carbons (Fsp3) is 0.308. The number of thioether (sulfide) groups is 1. The number of carbonyl (C=O) groups is 1. The topological polar surface area (TPSA) is 26.3 Å². The highest BCUT2D eigenvalue weighted by Gasteiger charge is 2.34. The largest absolute Gasteiger partial charge is 0.496 e. The van der Waals surface area contributed by atoms with E-state index < -0.39 is 11.7 Å². The van der Waals surface area contributed by atoms with Crippen LogP contribution in [-0.4, -0.2) is 18.0 Å². The van der Waals surface area contributed by atoms with Crippen LogP contribution in [0.4, 0.5) is 13.2 Å². The molecule has 0 heterocycles. The van der Waals surface area contributed by atoms with Crippen molar-refractivity contribution < 1.29 is 22.7 Å². The fourth-order valence-corrected chi connectivity index (χ4v) is 1.83. The molecule has 0 saturated heterocycles. The molecule has 0 saturated carbocycles. The second-order valence-electron chi connectivity index (χ2n) is 3.66. The molecule has 0 aliphatic heterocycles. The minimum absolute atomic E-state index is 0.0321. The van der Waals surface area contributed by atoms with Gasteiger partial charge >= 0.3 is 6.18 Å². The summed E-state index contributed by atoms with van der Waals surface area (Å²) in [6, 6.07) is 3.83. The van der Waals surface area contributed by atoms with Crippen molar-refractivity contribution in [3.63, 3.8) is 0 Å². The van der Waals surface area contributed by atoms with Crippen LogP contribution in [0.25, 0.3) is 6.08 Å². The maximum atomic E-state index is 12.8. The Morgan fingerprint density at radius 3 is 2.63 bits per heavy atom. The van der Waals surface area contributed by atoms with Crippen molar-refractivity contribution in [3.05, 3.63) is 35.4 Å². The number of carbonyl (C=O) groups excluding carboxylic acids is 1. The van der Waals surface area contributed by atoms with Crippen molar-refractivity contribution >= 4 is 23.0 Å².